The van der Waals surface area contributed by atoms with E-state index in [1.54, 1.807) is 24.3 Å². The Labute approximate surface area is 133 Å². The predicted molar refractivity (Wildman–Crippen MR) is 84.8 cm³/mol. The molecule has 0 saturated carbocycles. The highest BCUT2D eigenvalue weighted by Crippen LogP contribution is 2.20. The zero-order valence-electron chi connectivity index (χ0n) is 12.0. The topological polar surface area (TPSA) is 64.6 Å². The van der Waals surface area contributed by atoms with Crippen molar-refractivity contribution in [2.45, 2.75) is 6.61 Å². The van der Waals surface area contributed by atoms with Gasteiger partial charge in [0.05, 0.1) is 17.8 Å². The van der Waals surface area contributed by atoms with Crippen molar-refractivity contribution in [2.24, 2.45) is 0 Å². The maximum Gasteiger partial charge on any atom is 0.412 e. The van der Waals surface area contributed by atoms with Crippen LogP contribution in [0.3, 0.4) is 0 Å². The summed E-state index contributed by atoms with van der Waals surface area (Å²) in [6.07, 6.45) is -0.521. The van der Waals surface area contributed by atoms with Gasteiger partial charge in [0, 0.05) is 0 Å². The highest BCUT2D eigenvalue weighted by molar-refractivity contribution is 6.33. The van der Waals surface area contributed by atoms with Crippen LogP contribution in [0.5, 0.6) is 0 Å². The van der Waals surface area contributed by atoms with Crippen LogP contribution in [0.25, 0.3) is 0 Å². The average Bonchev–Trinajstić information content (AvgIpc) is 2.56. The molecule has 0 bridgehead atoms. The normalized spacial score (nSPS) is 9.00. The molecule has 2 aromatic rings. The molecule has 0 unspecified atom stereocenters. The molecule has 0 aliphatic rings. The second-order valence-electron chi connectivity index (χ2n) is 4.00. The minimum Gasteiger partial charge on any atom is -0.471 e. The SMILES string of the molecule is COC=O.O=C(Nc1ccccc1Cl)OCc1ccccc1. The van der Waals surface area contributed by atoms with E-state index in [-0.39, 0.29) is 6.61 Å². The van der Waals surface area contributed by atoms with Crippen LogP contribution < -0.4 is 5.32 Å². The number of anilines is 1. The van der Waals surface area contributed by atoms with Crippen molar-refractivity contribution in [2.75, 3.05) is 12.4 Å². The van der Waals surface area contributed by atoms with Crippen molar-refractivity contribution in [3.63, 3.8) is 0 Å². The molecule has 0 atom stereocenters. The maximum absolute atomic E-state index is 11.5. The van der Waals surface area contributed by atoms with E-state index in [4.69, 9.17) is 21.1 Å². The summed E-state index contributed by atoms with van der Waals surface area (Å²) in [5.74, 6) is 0. The van der Waals surface area contributed by atoms with Gasteiger partial charge in [-0.25, -0.2) is 4.79 Å². The Kier molecular flexibility index (Phi) is 8.15. The molecule has 0 aliphatic carbocycles. The number of halogens is 1. The van der Waals surface area contributed by atoms with Gasteiger partial charge in [-0.2, -0.15) is 0 Å². The van der Waals surface area contributed by atoms with Crippen LogP contribution in [0.15, 0.2) is 54.6 Å². The molecule has 2 rings (SSSR count). The first kappa shape index (κ1) is 17.5. The molecule has 0 saturated heterocycles. The molecule has 0 radical (unpaired) electrons. The average molecular weight is 322 g/mol. The van der Waals surface area contributed by atoms with Gasteiger partial charge in [-0.05, 0) is 17.7 Å². The lowest BCUT2D eigenvalue weighted by atomic mass is 10.2. The third-order valence-electron chi connectivity index (χ3n) is 2.42. The fraction of sp³-hybridized carbons (Fsp3) is 0.125. The lowest BCUT2D eigenvalue weighted by Crippen LogP contribution is -2.13. The van der Waals surface area contributed by atoms with E-state index < -0.39 is 6.09 Å². The second-order valence-corrected chi connectivity index (χ2v) is 4.41. The largest absolute Gasteiger partial charge is 0.471 e. The Morgan fingerprint density at radius 3 is 2.32 bits per heavy atom. The van der Waals surface area contributed by atoms with Crippen molar-refractivity contribution >= 4 is 29.9 Å². The molecular weight excluding hydrogens is 306 g/mol. The molecule has 0 spiro atoms. The summed E-state index contributed by atoms with van der Waals surface area (Å²) < 4.78 is 8.94. The maximum atomic E-state index is 11.5. The first-order valence-electron chi connectivity index (χ1n) is 6.36. The third kappa shape index (κ3) is 6.76. The number of amides is 1. The Hall–Kier alpha value is -2.53. The fourth-order valence-corrected chi connectivity index (χ4v) is 1.61. The number of nitrogens with one attached hydrogen (secondary N) is 1. The number of carbonyl (C=O) groups excluding carboxylic acids is 2. The van der Waals surface area contributed by atoms with Crippen LogP contribution in [0.2, 0.25) is 5.02 Å². The van der Waals surface area contributed by atoms with Crippen molar-refractivity contribution < 1.29 is 19.1 Å². The van der Waals surface area contributed by atoms with Gasteiger partial charge in [-0.1, -0.05) is 54.1 Å². The van der Waals surface area contributed by atoms with Crippen LogP contribution >= 0.6 is 11.6 Å². The number of benzene rings is 2. The first-order valence-corrected chi connectivity index (χ1v) is 6.74. The summed E-state index contributed by atoms with van der Waals surface area (Å²) >= 11 is 5.92. The Balaban J connectivity index is 0.000000541. The third-order valence-corrected chi connectivity index (χ3v) is 2.75. The Bertz CT molecular complexity index is 590. The molecule has 0 aromatic heterocycles. The summed E-state index contributed by atoms with van der Waals surface area (Å²) in [7, 11) is 1.31. The molecule has 22 heavy (non-hydrogen) atoms. The molecule has 0 aliphatic heterocycles. The number of ether oxygens (including phenoxy) is 2. The molecule has 1 amide bonds. The zero-order valence-corrected chi connectivity index (χ0v) is 12.7. The van der Waals surface area contributed by atoms with E-state index in [2.05, 4.69) is 10.1 Å². The summed E-state index contributed by atoms with van der Waals surface area (Å²) in [4.78, 5) is 20.5. The van der Waals surface area contributed by atoms with Crippen molar-refractivity contribution in [1.82, 2.24) is 0 Å². The highest BCUT2D eigenvalue weighted by Gasteiger charge is 2.05. The first-order chi connectivity index (χ1) is 10.7. The van der Waals surface area contributed by atoms with E-state index in [1.165, 1.54) is 7.11 Å². The smallest absolute Gasteiger partial charge is 0.412 e. The zero-order chi connectivity index (χ0) is 16.2. The van der Waals surface area contributed by atoms with E-state index >= 15 is 0 Å². The lowest BCUT2D eigenvalue weighted by Gasteiger charge is -2.08. The van der Waals surface area contributed by atoms with E-state index in [1.807, 2.05) is 30.3 Å². The van der Waals surface area contributed by atoms with E-state index in [0.717, 1.165) is 5.56 Å². The number of para-hydroxylation sites is 1. The monoisotopic (exact) mass is 321 g/mol. The minimum absolute atomic E-state index is 0.233. The number of rotatable bonds is 4. The van der Waals surface area contributed by atoms with E-state index in [0.29, 0.717) is 17.2 Å². The van der Waals surface area contributed by atoms with Gasteiger partial charge in [-0.3, -0.25) is 10.1 Å². The Morgan fingerprint density at radius 1 is 1.14 bits per heavy atom. The molecule has 0 fully saturated rings. The van der Waals surface area contributed by atoms with Gasteiger partial charge in [0.15, 0.2) is 0 Å². The Morgan fingerprint density at radius 2 is 1.73 bits per heavy atom. The highest BCUT2D eigenvalue weighted by atomic mass is 35.5. The summed E-state index contributed by atoms with van der Waals surface area (Å²) in [5, 5.41) is 3.07. The number of hydrogen-bond acceptors (Lipinski definition) is 4. The van der Waals surface area contributed by atoms with Crippen molar-refractivity contribution in [3.8, 4) is 0 Å². The van der Waals surface area contributed by atoms with Crippen LogP contribution in [-0.2, 0) is 20.9 Å². The summed E-state index contributed by atoms with van der Waals surface area (Å²) in [5.41, 5.74) is 1.48. The van der Waals surface area contributed by atoms with E-state index in [9.17, 15) is 4.79 Å². The standard InChI is InChI=1S/C14H12ClNO2.C2H4O2/c15-12-8-4-5-9-13(12)16-14(17)18-10-11-6-2-1-3-7-11;1-4-2-3/h1-9H,10H2,(H,16,17);2H,1H3. The quantitative estimate of drug-likeness (QED) is 0.868. The lowest BCUT2D eigenvalue weighted by molar-refractivity contribution is -0.126. The predicted octanol–water partition coefficient (Wildman–Crippen LogP) is 3.88. The van der Waals surface area contributed by atoms with Gasteiger partial charge in [0.2, 0.25) is 0 Å². The molecule has 0 heterocycles. The molecule has 5 nitrogen and oxygen atoms in total. The van der Waals surface area contributed by atoms with Crippen LogP contribution in [0, 0.1) is 0 Å². The molecular formula is C16H16ClNO4. The molecule has 1 N–H and O–H groups in total. The van der Waals surface area contributed by atoms with Crippen molar-refractivity contribution in [1.29, 1.82) is 0 Å². The minimum atomic E-state index is -0.521. The van der Waals surface area contributed by atoms with Crippen LogP contribution in [-0.4, -0.2) is 19.7 Å². The summed E-state index contributed by atoms with van der Waals surface area (Å²) in [6.45, 7) is 0.608. The van der Waals surface area contributed by atoms with Crippen molar-refractivity contribution in [3.05, 3.63) is 65.2 Å². The van der Waals surface area contributed by atoms with Gasteiger partial charge in [0.25, 0.3) is 6.47 Å². The fourth-order valence-electron chi connectivity index (χ4n) is 1.43. The summed E-state index contributed by atoms with van der Waals surface area (Å²) in [6, 6.07) is 16.5. The van der Waals surface area contributed by atoms with Gasteiger partial charge in [0.1, 0.15) is 6.61 Å². The molecule has 116 valence electrons. The number of carbonyl (C=O) groups is 2. The molecule has 2 aromatic carbocycles. The van der Waals surface area contributed by atoms with Gasteiger partial charge >= 0.3 is 6.09 Å². The van der Waals surface area contributed by atoms with Crippen LogP contribution in [0.4, 0.5) is 10.5 Å². The second kappa shape index (κ2) is 10.2. The molecule has 6 heteroatoms. The number of hydrogen-bond donors (Lipinski definition) is 1. The van der Waals surface area contributed by atoms with Gasteiger partial charge in [-0.15, -0.1) is 0 Å². The van der Waals surface area contributed by atoms with Gasteiger partial charge < -0.3 is 9.47 Å². The van der Waals surface area contributed by atoms with Crippen LogP contribution in [0.1, 0.15) is 5.56 Å². The number of methoxy groups -OCH3 is 1.